The van der Waals surface area contributed by atoms with Crippen molar-refractivity contribution in [2.24, 2.45) is 5.41 Å². The van der Waals surface area contributed by atoms with Crippen LogP contribution in [0.1, 0.15) is 13.8 Å². The third-order valence-electron chi connectivity index (χ3n) is 2.03. The molecular formula is C7H12N2O3. The molecule has 5 heteroatoms. The zero-order valence-corrected chi connectivity index (χ0v) is 7.05. The minimum absolute atomic E-state index is 0.248. The molecule has 1 aliphatic rings. The lowest BCUT2D eigenvalue weighted by molar-refractivity contribution is -0.121. The van der Waals surface area contributed by atoms with Crippen LogP contribution in [0, 0.1) is 5.41 Å². The van der Waals surface area contributed by atoms with Crippen LogP contribution in [0.2, 0.25) is 0 Å². The lowest BCUT2D eigenvalue weighted by Crippen LogP contribution is -2.46. The van der Waals surface area contributed by atoms with Crippen molar-refractivity contribution in [3.8, 4) is 0 Å². The summed E-state index contributed by atoms with van der Waals surface area (Å²) < 4.78 is 0. The number of rotatable bonds is 1. The number of nitrogens with one attached hydrogen (secondary N) is 2. The van der Waals surface area contributed by atoms with E-state index in [1.54, 1.807) is 0 Å². The summed E-state index contributed by atoms with van der Waals surface area (Å²) in [7, 11) is 0. The average Bonchev–Trinajstić information content (AvgIpc) is 2.15. The molecule has 1 unspecified atom stereocenters. The van der Waals surface area contributed by atoms with Crippen LogP contribution in [-0.2, 0) is 4.79 Å². The summed E-state index contributed by atoms with van der Waals surface area (Å²) in [5, 5.41) is 13.2. The molecule has 0 aromatic heterocycles. The van der Waals surface area contributed by atoms with Crippen LogP contribution >= 0.6 is 0 Å². The van der Waals surface area contributed by atoms with Gasteiger partial charge in [-0.25, -0.2) is 4.79 Å². The van der Waals surface area contributed by atoms with Crippen LogP contribution in [0.25, 0.3) is 0 Å². The van der Waals surface area contributed by atoms with Gasteiger partial charge in [-0.2, -0.15) is 0 Å². The van der Waals surface area contributed by atoms with E-state index in [1.165, 1.54) is 0 Å². The summed E-state index contributed by atoms with van der Waals surface area (Å²) in [5.74, 6) is -0.248. The lowest BCUT2D eigenvalue weighted by atomic mass is 9.88. The first-order chi connectivity index (χ1) is 5.43. The van der Waals surface area contributed by atoms with Gasteiger partial charge < -0.3 is 15.7 Å². The zero-order valence-electron chi connectivity index (χ0n) is 7.05. The predicted octanol–water partition coefficient (Wildman–Crippen LogP) is -0.221. The molecule has 0 bridgehead atoms. The Labute approximate surface area is 70.1 Å². The highest BCUT2D eigenvalue weighted by molar-refractivity contribution is 5.88. The summed E-state index contributed by atoms with van der Waals surface area (Å²) in [6, 6.07) is -0.630. The average molecular weight is 172 g/mol. The molecular weight excluding hydrogens is 160 g/mol. The zero-order chi connectivity index (χ0) is 9.35. The maximum atomic E-state index is 11.1. The van der Waals surface area contributed by atoms with E-state index in [-0.39, 0.29) is 11.3 Å². The molecule has 2 amide bonds. The summed E-state index contributed by atoms with van der Waals surface area (Å²) in [6.45, 7) is 4.19. The van der Waals surface area contributed by atoms with Gasteiger partial charge in [0.25, 0.3) is 0 Å². The molecule has 0 aromatic rings. The Morgan fingerprint density at radius 3 is 2.67 bits per heavy atom. The first kappa shape index (κ1) is 8.83. The number of hydrogen-bond acceptors (Lipinski definition) is 2. The van der Waals surface area contributed by atoms with Gasteiger partial charge in [0.2, 0.25) is 5.91 Å². The highest BCUT2D eigenvalue weighted by atomic mass is 16.4. The molecule has 0 aromatic carbocycles. The van der Waals surface area contributed by atoms with Gasteiger partial charge in [-0.1, -0.05) is 13.8 Å². The fourth-order valence-electron chi connectivity index (χ4n) is 1.26. The Hall–Kier alpha value is -1.26. The van der Waals surface area contributed by atoms with Gasteiger partial charge in [-0.05, 0) is 0 Å². The molecule has 12 heavy (non-hydrogen) atoms. The minimum atomic E-state index is -1.16. The standard InChI is InChI=1S/C7H12N2O3/c1-7(2)3-8-5(10)4(7)9-6(11)12/h4,9H,3H2,1-2H3,(H,8,10)(H,11,12). The second kappa shape index (κ2) is 2.66. The van der Waals surface area contributed by atoms with Gasteiger partial charge >= 0.3 is 6.09 Å². The molecule has 68 valence electrons. The van der Waals surface area contributed by atoms with Crippen molar-refractivity contribution >= 4 is 12.0 Å². The van der Waals surface area contributed by atoms with Gasteiger partial charge in [-0.3, -0.25) is 4.79 Å². The van der Waals surface area contributed by atoms with E-state index in [1.807, 2.05) is 13.8 Å². The topological polar surface area (TPSA) is 78.4 Å². The Balaban J connectivity index is 2.71. The molecule has 1 heterocycles. The van der Waals surface area contributed by atoms with Crippen molar-refractivity contribution < 1.29 is 14.7 Å². The van der Waals surface area contributed by atoms with Crippen molar-refractivity contribution in [2.75, 3.05) is 6.54 Å². The predicted molar refractivity (Wildman–Crippen MR) is 41.7 cm³/mol. The first-order valence-corrected chi connectivity index (χ1v) is 3.70. The fraction of sp³-hybridized carbons (Fsp3) is 0.714. The third kappa shape index (κ3) is 1.49. The number of carbonyl (C=O) groups excluding carboxylic acids is 1. The van der Waals surface area contributed by atoms with E-state index in [2.05, 4.69) is 10.6 Å². The summed E-state index contributed by atoms with van der Waals surface area (Å²) in [5.41, 5.74) is -0.338. The summed E-state index contributed by atoms with van der Waals surface area (Å²) >= 11 is 0. The first-order valence-electron chi connectivity index (χ1n) is 3.70. The Morgan fingerprint density at radius 2 is 2.33 bits per heavy atom. The van der Waals surface area contributed by atoms with Crippen LogP contribution < -0.4 is 10.6 Å². The molecule has 3 N–H and O–H groups in total. The Morgan fingerprint density at radius 1 is 1.75 bits per heavy atom. The Kier molecular flexibility index (Phi) is 1.95. The highest BCUT2D eigenvalue weighted by Crippen LogP contribution is 2.24. The molecule has 1 atom stereocenters. The van der Waals surface area contributed by atoms with E-state index < -0.39 is 12.1 Å². The van der Waals surface area contributed by atoms with E-state index in [0.717, 1.165) is 0 Å². The van der Waals surface area contributed by atoms with E-state index in [0.29, 0.717) is 6.54 Å². The molecule has 1 aliphatic heterocycles. The second-order valence-corrected chi connectivity index (χ2v) is 3.59. The van der Waals surface area contributed by atoms with Gasteiger partial charge in [0.15, 0.2) is 0 Å². The molecule has 0 spiro atoms. The quantitative estimate of drug-likeness (QED) is 0.511. The van der Waals surface area contributed by atoms with Crippen molar-refractivity contribution in [3.63, 3.8) is 0 Å². The largest absolute Gasteiger partial charge is 0.465 e. The van der Waals surface area contributed by atoms with Gasteiger partial charge in [-0.15, -0.1) is 0 Å². The third-order valence-corrected chi connectivity index (χ3v) is 2.03. The van der Waals surface area contributed by atoms with Crippen LogP contribution in [0.3, 0.4) is 0 Å². The van der Waals surface area contributed by atoms with Crippen LogP contribution in [0.4, 0.5) is 4.79 Å². The molecule has 0 aliphatic carbocycles. The van der Waals surface area contributed by atoms with Crippen molar-refractivity contribution in [1.29, 1.82) is 0 Å². The maximum absolute atomic E-state index is 11.1. The maximum Gasteiger partial charge on any atom is 0.405 e. The molecule has 1 fully saturated rings. The van der Waals surface area contributed by atoms with Crippen molar-refractivity contribution in [3.05, 3.63) is 0 Å². The number of amides is 2. The monoisotopic (exact) mass is 172 g/mol. The number of carboxylic acid groups (broad SMARTS) is 1. The second-order valence-electron chi connectivity index (χ2n) is 3.59. The minimum Gasteiger partial charge on any atom is -0.465 e. The van der Waals surface area contributed by atoms with Crippen molar-refractivity contribution in [2.45, 2.75) is 19.9 Å². The summed E-state index contributed by atoms with van der Waals surface area (Å²) in [4.78, 5) is 21.4. The van der Waals surface area contributed by atoms with E-state index in [4.69, 9.17) is 5.11 Å². The van der Waals surface area contributed by atoms with Crippen LogP contribution in [0.15, 0.2) is 0 Å². The smallest absolute Gasteiger partial charge is 0.405 e. The van der Waals surface area contributed by atoms with Gasteiger partial charge in [0, 0.05) is 12.0 Å². The Bertz CT molecular complexity index is 225. The van der Waals surface area contributed by atoms with E-state index in [9.17, 15) is 9.59 Å². The molecule has 1 rings (SSSR count). The molecule has 1 saturated heterocycles. The van der Waals surface area contributed by atoms with E-state index >= 15 is 0 Å². The number of hydrogen-bond donors (Lipinski definition) is 3. The van der Waals surface area contributed by atoms with Gasteiger partial charge in [0.1, 0.15) is 6.04 Å². The molecule has 0 saturated carbocycles. The SMILES string of the molecule is CC1(C)CNC(=O)C1NC(=O)O. The van der Waals surface area contributed by atoms with Gasteiger partial charge in [0.05, 0.1) is 0 Å². The van der Waals surface area contributed by atoms with Crippen LogP contribution in [-0.4, -0.2) is 29.7 Å². The molecule has 5 nitrogen and oxygen atoms in total. The van der Waals surface area contributed by atoms with Crippen LogP contribution in [0.5, 0.6) is 0 Å². The highest BCUT2D eigenvalue weighted by Gasteiger charge is 2.42. The van der Waals surface area contributed by atoms with Crippen molar-refractivity contribution in [1.82, 2.24) is 10.6 Å². The molecule has 0 radical (unpaired) electrons. The normalized spacial score (nSPS) is 26.5. The number of carbonyl (C=O) groups is 2. The summed E-state index contributed by atoms with van der Waals surface area (Å²) in [6.07, 6.45) is -1.16. The lowest BCUT2D eigenvalue weighted by Gasteiger charge is -2.22. The fourth-order valence-corrected chi connectivity index (χ4v) is 1.26.